The van der Waals surface area contributed by atoms with Crippen LogP contribution in [0.25, 0.3) is 17.0 Å². The summed E-state index contributed by atoms with van der Waals surface area (Å²) < 4.78 is 176. The maximum absolute atomic E-state index is 15.7. The Kier molecular flexibility index (Phi) is 5.38. The first-order valence-electron chi connectivity index (χ1n) is 9.87. The van der Waals surface area contributed by atoms with E-state index in [0.29, 0.717) is 6.07 Å². The van der Waals surface area contributed by atoms with Crippen LogP contribution in [0.2, 0.25) is 0 Å². The van der Waals surface area contributed by atoms with E-state index in [1.54, 1.807) is 0 Å². The fraction of sp³-hybridized carbons (Fsp3) is 0.0909. The first-order valence-corrected chi connectivity index (χ1v) is 9.87. The predicted molar refractivity (Wildman–Crippen MR) is 101 cm³/mol. The Morgan fingerprint density at radius 1 is 0.676 bits per heavy atom. The molecule has 0 radical (unpaired) electrons. The van der Waals surface area contributed by atoms with Crippen LogP contribution in [0.1, 0.15) is 22.3 Å². The molecule has 3 aromatic carbocycles. The van der Waals surface area contributed by atoms with Crippen LogP contribution in [-0.4, -0.2) is 12.1 Å². The normalized spacial score (nSPS) is 17.8. The van der Waals surface area contributed by atoms with Crippen LogP contribution in [0.15, 0.2) is 18.0 Å². The van der Waals surface area contributed by atoms with Gasteiger partial charge in [-0.3, -0.25) is 0 Å². The monoisotopic (exact) mass is 540 g/mol. The lowest BCUT2D eigenvalue weighted by atomic mass is 9.65. The second-order valence-electron chi connectivity index (χ2n) is 8.01. The lowest BCUT2D eigenvalue weighted by molar-refractivity contribution is 0.202. The summed E-state index contributed by atoms with van der Waals surface area (Å²) in [5, 5.41) is 10.2. The molecule has 0 saturated heterocycles. The molecule has 37 heavy (non-hydrogen) atoms. The van der Waals surface area contributed by atoms with Gasteiger partial charge in [0.1, 0.15) is 5.75 Å². The molecule has 15 heteroatoms. The Labute approximate surface area is 197 Å². The topological polar surface area (TPSA) is 29.5 Å². The zero-order chi connectivity index (χ0) is 27.3. The van der Waals surface area contributed by atoms with Crippen LogP contribution in [-0.2, 0) is 12.0 Å². The number of rotatable bonds is 3. The summed E-state index contributed by atoms with van der Waals surface area (Å²) in [7, 11) is -3.67. The summed E-state index contributed by atoms with van der Waals surface area (Å²) in [6, 6.07) is 1.47. The van der Waals surface area contributed by atoms with Gasteiger partial charge in [-0.1, -0.05) is 6.07 Å². The van der Waals surface area contributed by atoms with Crippen molar-refractivity contribution < 1.29 is 62.4 Å². The summed E-state index contributed by atoms with van der Waals surface area (Å²) in [4.78, 5) is 0. The van der Waals surface area contributed by atoms with Gasteiger partial charge >= 0.3 is 7.12 Å². The van der Waals surface area contributed by atoms with Gasteiger partial charge in [0.05, 0.1) is 5.56 Å². The third kappa shape index (κ3) is 3.03. The highest BCUT2D eigenvalue weighted by atomic mass is 19.2. The van der Waals surface area contributed by atoms with Crippen molar-refractivity contribution in [2.45, 2.75) is 12.0 Å². The van der Waals surface area contributed by atoms with Gasteiger partial charge < -0.3 is 9.68 Å². The van der Waals surface area contributed by atoms with Crippen LogP contribution >= 0.6 is 0 Å². The molecule has 5 rings (SSSR count). The lowest BCUT2D eigenvalue weighted by Crippen LogP contribution is -2.45. The third-order valence-corrected chi connectivity index (χ3v) is 6.11. The SMILES string of the molecule is OB(Oc1c(F)c(F)c(F)c2c1Cc1ccc(F)c(F)c1-2)C1(F)C(F)=C(F)c2c(F)c(F)c(F)c(F)c21. The maximum Gasteiger partial charge on any atom is 0.575 e. The van der Waals surface area contributed by atoms with E-state index in [2.05, 4.69) is 4.65 Å². The van der Waals surface area contributed by atoms with Gasteiger partial charge in [0.15, 0.2) is 58.2 Å². The van der Waals surface area contributed by atoms with Crippen LogP contribution in [0.5, 0.6) is 5.75 Å². The number of halogens is 12. The van der Waals surface area contributed by atoms with Gasteiger partial charge in [-0.15, -0.1) is 0 Å². The zero-order valence-corrected chi connectivity index (χ0v) is 17.3. The molecule has 0 aliphatic heterocycles. The van der Waals surface area contributed by atoms with E-state index in [1.807, 2.05) is 0 Å². The minimum atomic E-state index is -4.70. The van der Waals surface area contributed by atoms with Gasteiger partial charge in [-0.2, -0.15) is 4.39 Å². The minimum Gasteiger partial charge on any atom is -0.531 e. The predicted octanol–water partition coefficient (Wildman–Crippen LogP) is 6.39. The van der Waals surface area contributed by atoms with Crippen molar-refractivity contribution in [3.05, 3.63) is 92.6 Å². The number of hydrogen-bond acceptors (Lipinski definition) is 2. The van der Waals surface area contributed by atoms with Crippen molar-refractivity contribution in [2.24, 2.45) is 0 Å². The lowest BCUT2D eigenvalue weighted by Gasteiger charge is -2.25. The standard InChI is InChI=1S/C22H5BF12O2/c24-6-2-1-4-3-5-8(7(4)11(6)25)12(26)17(31)19(33)20(5)37-23(36)22(35)10-9(14(28)21(22)34)13(27)16(30)18(32)15(10)29/h1-2,36H,3H2. The summed E-state index contributed by atoms with van der Waals surface area (Å²) in [6.45, 7) is 0. The van der Waals surface area contributed by atoms with Crippen LogP contribution in [0, 0.1) is 52.4 Å². The molecule has 2 aliphatic carbocycles. The van der Waals surface area contributed by atoms with Crippen molar-refractivity contribution in [1.29, 1.82) is 0 Å². The molecule has 2 aliphatic rings. The van der Waals surface area contributed by atoms with Gasteiger partial charge in [-0.05, 0) is 11.6 Å². The van der Waals surface area contributed by atoms with Crippen molar-refractivity contribution in [3.63, 3.8) is 0 Å². The molecule has 0 aromatic heterocycles. The first-order chi connectivity index (χ1) is 17.2. The fourth-order valence-corrected chi connectivity index (χ4v) is 4.42. The second kappa shape index (κ2) is 7.94. The average molecular weight is 540 g/mol. The molecule has 192 valence electrons. The molecule has 2 nitrogen and oxygen atoms in total. The van der Waals surface area contributed by atoms with E-state index in [0.717, 1.165) is 6.07 Å². The van der Waals surface area contributed by atoms with E-state index in [1.165, 1.54) is 0 Å². The quantitative estimate of drug-likeness (QED) is 0.141. The minimum absolute atomic E-state index is 0.263. The number of fused-ring (bicyclic) bond motifs is 4. The number of allylic oxidation sites excluding steroid dienone is 1. The average Bonchev–Trinajstić information content (AvgIpc) is 3.35. The number of benzene rings is 3. The summed E-state index contributed by atoms with van der Waals surface area (Å²) in [6.07, 6.45) is -0.747. The first kappa shape index (κ1) is 25.1. The van der Waals surface area contributed by atoms with Crippen molar-refractivity contribution in [3.8, 4) is 16.9 Å². The van der Waals surface area contributed by atoms with E-state index in [9.17, 15) is 53.3 Å². The van der Waals surface area contributed by atoms with Gasteiger partial charge in [-0.25, -0.2) is 48.3 Å². The second-order valence-corrected chi connectivity index (χ2v) is 8.01. The smallest absolute Gasteiger partial charge is 0.531 e. The van der Waals surface area contributed by atoms with E-state index in [4.69, 9.17) is 0 Å². The Bertz CT molecular complexity index is 1590. The molecular formula is C22H5BF12O2. The van der Waals surface area contributed by atoms with Gasteiger partial charge in [0.2, 0.25) is 11.4 Å². The third-order valence-electron chi connectivity index (χ3n) is 6.11. The Morgan fingerprint density at radius 2 is 1.24 bits per heavy atom. The summed E-state index contributed by atoms with van der Waals surface area (Å²) >= 11 is 0. The van der Waals surface area contributed by atoms with Crippen LogP contribution in [0.4, 0.5) is 52.7 Å². The zero-order valence-electron chi connectivity index (χ0n) is 17.3. The van der Waals surface area contributed by atoms with E-state index >= 15 is 4.39 Å². The van der Waals surface area contributed by atoms with Crippen molar-refractivity contribution >= 4 is 12.9 Å². The van der Waals surface area contributed by atoms with Gasteiger partial charge in [0.25, 0.3) is 0 Å². The largest absolute Gasteiger partial charge is 0.575 e. The highest BCUT2D eigenvalue weighted by Gasteiger charge is 2.63. The summed E-state index contributed by atoms with van der Waals surface area (Å²) in [5.41, 5.74) is -12.2. The molecule has 0 saturated carbocycles. The number of alkyl halides is 1. The molecule has 0 amide bonds. The molecule has 3 aromatic rings. The molecule has 1 atom stereocenters. The van der Waals surface area contributed by atoms with Crippen LogP contribution < -0.4 is 4.65 Å². The Balaban J connectivity index is 1.70. The summed E-state index contributed by atoms with van der Waals surface area (Å²) in [5.74, 6) is -27.8. The highest BCUT2D eigenvalue weighted by Crippen LogP contribution is 2.54. The van der Waals surface area contributed by atoms with Crippen molar-refractivity contribution in [2.75, 3.05) is 0 Å². The van der Waals surface area contributed by atoms with Crippen LogP contribution in [0.3, 0.4) is 0 Å². The maximum atomic E-state index is 15.7. The molecule has 1 unspecified atom stereocenters. The van der Waals surface area contributed by atoms with Gasteiger partial charge in [0, 0.05) is 28.7 Å². The molecule has 0 spiro atoms. The molecular weight excluding hydrogens is 535 g/mol. The molecule has 0 bridgehead atoms. The molecule has 0 heterocycles. The fourth-order valence-electron chi connectivity index (χ4n) is 4.42. The molecule has 0 fully saturated rings. The van der Waals surface area contributed by atoms with E-state index < -0.39 is 117 Å². The number of hydrogen-bond donors (Lipinski definition) is 1. The Morgan fingerprint density at radius 3 is 1.89 bits per heavy atom. The van der Waals surface area contributed by atoms with Crippen molar-refractivity contribution in [1.82, 2.24) is 0 Å². The van der Waals surface area contributed by atoms with E-state index in [-0.39, 0.29) is 5.56 Å². The molecule has 1 N–H and O–H groups in total. The highest BCUT2D eigenvalue weighted by molar-refractivity contribution is 6.49. The Hall–Kier alpha value is -3.62.